The van der Waals surface area contributed by atoms with Gasteiger partial charge in [-0.2, -0.15) is 0 Å². The van der Waals surface area contributed by atoms with Crippen molar-refractivity contribution in [1.29, 1.82) is 0 Å². The van der Waals surface area contributed by atoms with Crippen molar-refractivity contribution in [1.82, 2.24) is 0 Å². The summed E-state index contributed by atoms with van der Waals surface area (Å²) in [6.45, 7) is 0.491. The average Bonchev–Trinajstić information content (AvgIpc) is 2.96. The first-order valence-electron chi connectivity index (χ1n) is 8.75. The Labute approximate surface area is 162 Å². The molecule has 7 heteroatoms. The van der Waals surface area contributed by atoms with Gasteiger partial charge in [-0.15, -0.1) is 0 Å². The van der Waals surface area contributed by atoms with Gasteiger partial charge in [-0.3, -0.25) is 14.6 Å². The van der Waals surface area contributed by atoms with Gasteiger partial charge in [-0.1, -0.05) is 48.2 Å². The van der Waals surface area contributed by atoms with Crippen molar-refractivity contribution >= 4 is 40.1 Å². The van der Waals surface area contributed by atoms with Crippen LogP contribution in [0.5, 0.6) is 0 Å². The molecule has 2 amide bonds. The van der Waals surface area contributed by atoms with Crippen LogP contribution in [0.25, 0.3) is 0 Å². The molecule has 1 saturated heterocycles. The zero-order valence-electron chi connectivity index (χ0n) is 14.7. The molecular formula is C20H21N3O3S. The van der Waals surface area contributed by atoms with E-state index in [1.165, 1.54) is 16.7 Å². The fourth-order valence-corrected chi connectivity index (χ4v) is 3.73. The highest BCUT2D eigenvalue weighted by Gasteiger charge is 2.40. The van der Waals surface area contributed by atoms with Crippen LogP contribution in [0.1, 0.15) is 12.8 Å². The Kier molecular flexibility index (Phi) is 6.62. The maximum absolute atomic E-state index is 12.8. The van der Waals surface area contributed by atoms with E-state index < -0.39 is 5.25 Å². The lowest BCUT2D eigenvalue weighted by atomic mass is 10.3. The number of rotatable bonds is 6. The van der Waals surface area contributed by atoms with Gasteiger partial charge in [0, 0.05) is 25.3 Å². The number of aliphatic hydroxyl groups is 1. The molecule has 0 aliphatic carbocycles. The Morgan fingerprint density at radius 3 is 2.44 bits per heavy atom. The van der Waals surface area contributed by atoms with Crippen LogP contribution < -0.4 is 10.2 Å². The molecule has 1 aliphatic heterocycles. The third kappa shape index (κ3) is 4.96. The summed E-state index contributed by atoms with van der Waals surface area (Å²) < 4.78 is 0. The molecule has 140 valence electrons. The smallest absolute Gasteiger partial charge is 0.247 e. The van der Waals surface area contributed by atoms with Crippen molar-refractivity contribution < 1.29 is 14.7 Å². The van der Waals surface area contributed by atoms with Crippen molar-refractivity contribution in [2.45, 2.75) is 18.1 Å². The van der Waals surface area contributed by atoms with Crippen LogP contribution in [0.2, 0.25) is 0 Å². The first-order chi connectivity index (χ1) is 13.2. The molecule has 0 unspecified atom stereocenters. The first kappa shape index (κ1) is 19.1. The number of amidine groups is 1. The lowest BCUT2D eigenvalue weighted by Crippen LogP contribution is -2.31. The first-order valence-corrected chi connectivity index (χ1v) is 9.63. The van der Waals surface area contributed by atoms with Gasteiger partial charge >= 0.3 is 0 Å². The van der Waals surface area contributed by atoms with E-state index in [0.717, 1.165) is 5.69 Å². The number of carbonyl (C=O) groups excluding carboxylic acids is 2. The van der Waals surface area contributed by atoms with Gasteiger partial charge in [0.1, 0.15) is 5.25 Å². The minimum Gasteiger partial charge on any atom is -0.396 e. The number of hydrogen-bond donors (Lipinski definition) is 2. The quantitative estimate of drug-likeness (QED) is 0.347. The molecule has 0 saturated carbocycles. The maximum atomic E-state index is 12.8. The number of nitrogens with zero attached hydrogens (tertiary/aromatic N) is 2. The number of imide groups is 1. The Morgan fingerprint density at radius 2 is 1.78 bits per heavy atom. The molecule has 2 N–H and O–H groups in total. The van der Waals surface area contributed by atoms with Crippen LogP contribution in [-0.4, -0.2) is 40.5 Å². The molecule has 1 aliphatic rings. The fraction of sp³-hybridized carbons (Fsp3) is 0.250. The number of hydrogen-bond acceptors (Lipinski definition) is 5. The molecular weight excluding hydrogens is 362 g/mol. The molecule has 0 bridgehead atoms. The van der Waals surface area contributed by atoms with Crippen LogP contribution in [0.15, 0.2) is 65.7 Å². The number of aliphatic imine (C=N–C) groups is 1. The van der Waals surface area contributed by atoms with E-state index in [0.29, 0.717) is 23.8 Å². The number of carbonyl (C=O) groups is 2. The third-order valence-corrected chi connectivity index (χ3v) is 5.08. The number of thioether (sulfide) groups is 1. The Morgan fingerprint density at radius 1 is 1.11 bits per heavy atom. The summed E-state index contributed by atoms with van der Waals surface area (Å²) in [5, 5.41) is 12.2. The summed E-state index contributed by atoms with van der Waals surface area (Å²) in [6, 6.07) is 18.5. The number of nitrogens with one attached hydrogen (secondary N) is 1. The Hall–Kier alpha value is -2.64. The van der Waals surface area contributed by atoms with Gasteiger partial charge in [0.05, 0.1) is 5.69 Å². The van der Waals surface area contributed by atoms with Crippen LogP contribution in [-0.2, 0) is 9.59 Å². The predicted molar refractivity (Wildman–Crippen MR) is 109 cm³/mol. The second-order valence-corrected chi connectivity index (χ2v) is 7.16. The molecule has 1 atom stereocenters. The third-order valence-electron chi connectivity index (χ3n) is 3.97. The Balaban J connectivity index is 1.74. The van der Waals surface area contributed by atoms with Crippen LogP contribution in [0.3, 0.4) is 0 Å². The van der Waals surface area contributed by atoms with Crippen LogP contribution >= 0.6 is 11.8 Å². The topological polar surface area (TPSA) is 82.0 Å². The molecule has 0 spiro atoms. The van der Waals surface area contributed by atoms with Crippen LogP contribution in [0.4, 0.5) is 11.4 Å². The molecule has 1 heterocycles. The second-order valence-electron chi connectivity index (χ2n) is 5.97. The highest BCUT2D eigenvalue weighted by molar-refractivity contribution is 8.15. The SMILES string of the molecule is O=C1C[C@H](SC(=NCCCO)Nc2ccccc2)C(=O)N1c1ccccc1. The van der Waals surface area contributed by atoms with E-state index in [1.54, 1.807) is 24.3 Å². The normalized spacial score (nSPS) is 17.4. The van der Waals surface area contributed by atoms with Gasteiger partial charge in [0.15, 0.2) is 5.17 Å². The van der Waals surface area contributed by atoms with Gasteiger partial charge < -0.3 is 10.4 Å². The van der Waals surface area contributed by atoms with E-state index in [9.17, 15) is 9.59 Å². The molecule has 0 aromatic heterocycles. The highest BCUT2D eigenvalue weighted by Crippen LogP contribution is 2.30. The van der Waals surface area contributed by atoms with Crippen molar-refractivity contribution in [2.75, 3.05) is 23.4 Å². The fourth-order valence-electron chi connectivity index (χ4n) is 2.68. The minimum atomic E-state index is -0.526. The van der Waals surface area contributed by atoms with Gasteiger partial charge in [0.25, 0.3) is 0 Å². The zero-order valence-corrected chi connectivity index (χ0v) is 15.6. The molecule has 1 fully saturated rings. The van der Waals surface area contributed by atoms with Gasteiger partial charge in [0.2, 0.25) is 11.8 Å². The molecule has 0 radical (unpaired) electrons. The lowest BCUT2D eigenvalue weighted by molar-refractivity contribution is -0.121. The molecule has 2 aromatic rings. The predicted octanol–water partition coefficient (Wildman–Crippen LogP) is 2.90. The van der Waals surface area contributed by atoms with Crippen molar-refractivity contribution in [2.24, 2.45) is 4.99 Å². The molecule has 27 heavy (non-hydrogen) atoms. The number of anilines is 2. The summed E-state index contributed by atoms with van der Waals surface area (Å²) in [5.41, 5.74) is 1.44. The van der Waals surface area contributed by atoms with Crippen molar-refractivity contribution in [3.8, 4) is 0 Å². The average molecular weight is 383 g/mol. The minimum absolute atomic E-state index is 0.0510. The molecule has 3 rings (SSSR count). The number of benzene rings is 2. The van der Waals surface area contributed by atoms with E-state index in [-0.39, 0.29) is 24.8 Å². The van der Waals surface area contributed by atoms with E-state index in [1.807, 2.05) is 36.4 Å². The number of para-hydroxylation sites is 2. The molecule has 6 nitrogen and oxygen atoms in total. The van der Waals surface area contributed by atoms with E-state index in [4.69, 9.17) is 5.11 Å². The molecule has 2 aromatic carbocycles. The Bertz CT molecular complexity index is 812. The zero-order chi connectivity index (χ0) is 19.1. The summed E-state index contributed by atoms with van der Waals surface area (Å²) in [5.74, 6) is -0.445. The van der Waals surface area contributed by atoms with Crippen molar-refractivity contribution in [3.63, 3.8) is 0 Å². The standard InChI is InChI=1S/C20H21N3O3S/c24-13-7-12-21-20(22-15-8-3-1-4-9-15)27-17-14-18(25)23(19(17)26)16-10-5-2-6-11-16/h1-6,8-11,17,24H,7,12-14H2,(H,21,22)/t17-/m0/s1. The second kappa shape index (κ2) is 9.34. The number of aliphatic hydroxyl groups excluding tert-OH is 1. The van der Waals surface area contributed by atoms with Crippen LogP contribution in [0, 0.1) is 0 Å². The van der Waals surface area contributed by atoms with Gasteiger partial charge in [-0.25, -0.2) is 4.90 Å². The summed E-state index contributed by atoms with van der Waals surface area (Å²) >= 11 is 1.25. The number of amides is 2. The van der Waals surface area contributed by atoms with Crippen molar-refractivity contribution in [3.05, 3.63) is 60.7 Å². The summed E-state index contributed by atoms with van der Waals surface area (Å²) in [4.78, 5) is 30.9. The summed E-state index contributed by atoms with van der Waals surface area (Å²) in [7, 11) is 0. The van der Waals surface area contributed by atoms with E-state index in [2.05, 4.69) is 10.3 Å². The van der Waals surface area contributed by atoms with E-state index >= 15 is 0 Å². The monoisotopic (exact) mass is 383 g/mol. The highest BCUT2D eigenvalue weighted by atomic mass is 32.2. The van der Waals surface area contributed by atoms with Gasteiger partial charge in [-0.05, 0) is 30.7 Å². The summed E-state index contributed by atoms with van der Waals surface area (Å²) in [6.07, 6.45) is 0.669. The lowest BCUT2D eigenvalue weighted by Gasteiger charge is -2.16. The maximum Gasteiger partial charge on any atom is 0.247 e. The largest absolute Gasteiger partial charge is 0.396 e.